The number of aliphatic hydroxyl groups is 23. The number of carboxylic acids is 1. The molecule has 28 N–H and O–H groups in total. The number of nitrogens with one attached hydrogen (secondary N) is 4. The molecular formula is C97H172N4O45. The van der Waals surface area contributed by atoms with Crippen LogP contribution in [0.5, 0.6) is 0 Å². The van der Waals surface area contributed by atoms with Crippen molar-refractivity contribution in [3.63, 3.8) is 0 Å². The maximum atomic E-state index is 13.7. The molecule has 4 amide bonds. The molecule has 0 aliphatic carbocycles. The maximum Gasteiger partial charge on any atom is 0.364 e. The van der Waals surface area contributed by atoms with Crippen molar-refractivity contribution in [3.8, 4) is 0 Å². The van der Waals surface area contributed by atoms with Gasteiger partial charge in [0.1, 0.15) is 183 Å². The lowest BCUT2D eigenvalue weighted by Crippen LogP contribution is -2.72. The number of carboxylic acid groups (broad SMARTS) is 1. The fraction of sp³-hybridized carbons (Fsp3) is 0.928. The Morgan fingerprint density at radius 1 is 0.370 bits per heavy atom. The van der Waals surface area contributed by atoms with E-state index in [9.17, 15) is 147 Å². The van der Waals surface area contributed by atoms with Crippen molar-refractivity contribution in [1.82, 2.24) is 21.3 Å². The van der Waals surface area contributed by atoms with Crippen molar-refractivity contribution in [3.05, 3.63) is 12.2 Å². The van der Waals surface area contributed by atoms with Crippen molar-refractivity contribution in [2.75, 3.05) is 52.9 Å². The highest BCUT2D eigenvalue weighted by molar-refractivity contribution is 5.77. The lowest BCUT2D eigenvalue weighted by molar-refractivity contribution is -0.399. The molecule has 0 bridgehead atoms. The quantitative estimate of drug-likeness (QED) is 0.0201. The van der Waals surface area contributed by atoms with Gasteiger partial charge in [-0.1, -0.05) is 206 Å². The minimum atomic E-state index is -3.36. The van der Waals surface area contributed by atoms with E-state index in [-0.39, 0.29) is 12.3 Å². The topological polar surface area (TPSA) is 767 Å². The Hall–Kier alpha value is -4.47. The Morgan fingerprint density at radius 3 is 1.16 bits per heavy atom. The Labute approximate surface area is 851 Å². The SMILES string of the molecule is CCCCCCCCCCCCC/C=C/[C@@H](O)[C@H](CO[C@@H]1OC(CO)[C@@H](O[C@@H]2OC(CO)[C@H](O)[C@H](O[C@@H]3OC(CO)[C@@H](O[C@@H]4OC(CO)[C@H](O)[C@H](O[C@@H]5OC(CO)[C@@H](O[C@H]6OC(C)[C@@H](O)C(O)[C@@H]6O)[C@H](O[C@@H]6OC(CO)[C@H](O)[C@H](O[C@]7(C(=O)O)CC(O)[C@@H](NC(C)=O)C([C@H](O)[C@H](O)CO)O7)C6O)C5NC(C)=O)C4O)[C@H](O)C3NC(C)=O)C2O)[C@H](O)C1O)NC(=O)CCCCCCCCCCCCCCCCCCCCC. The van der Waals surface area contributed by atoms with Crippen LogP contribution >= 0.6 is 0 Å². The van der Waals surface area contributed by atoms with Gasteiger partial charge in [0, 0.05) is 33.6 Å². The second kappa shape index (κ2) is 64.8. The molecule has 0 radical (unpaired) electrons. The molecule has 8 rings (SSSR count). The van der Waals surface area contributed by atoms with Crippen molar-refractivity contribution >= 4 is 29.6 Å². The van der Waals surface area contributed by atoms with E-state index in [2.05, 4.69) is 35.1 Å². The number of aliphatic hydroxyl groups excluding tert-OH is 23. The summed E-state index contributed by atoms with van der Waals surface area (Å²) in [6.07, 6.45) is -42.2. The van der Waals surface area contributed by atoms with Gasteiger partial charge in [0.15, 0.2) is 44.0 Å². The number of hydrogen-bond donors (Lipinski definition) is 28. The molecule has 0 aromatic rings. The highest BCUT2D eigenvalue weighted by Crippen LogP contribution is 2.43. The molecule has 0 aromatic carbocycles. The zero-order chi connectivity index (χ0) is 107. The Balaban J connectivity index is 0.962. The molecule has 43 atom stereocenters. The van der Waals surface area contributed by atoms with Gasteiger partial charge in [-0.05, 0) is 26.2 Å². The fourth-order valence-electron chi connectivity index (χ4n) is 19.8. The molecular weight excluding hydrogens is 1940 g/mol. The molecule has 0 saturated carbocycles. The highest BCUT2D eigenvalue weighted by atomic mass is 16.8. The van der Waals surface area contributed by atoms with Crippen LogP contribution in [0.4, 0.5) is 0 Å². The molecule has 0 aromatic heterocycles. The van der Waals surface area contributed by atoms with E-state index in [1.165, 1.54) is 135 Å². The van der Waals surface area contributed by atoms with Crippen LogP contribution in [0.15, 0.2) is 12.2 Å². The number of amides is 4. The molecule has 49 heteroatoms. The maximum absolute atomic E-state index is 13.7. The summed E-state index contributed by atoms with van der Waals surface area (Å²) in [4.78, 5) is 66.5. The number of carbonyl (C=O) groups is 5. The molecule has 8 fully saturated rings. The van der Waals surface area contributed by atoms with Crippen molar-refractivity contribution in [1.29, 1.82) is 0 Å². The van der Waals surface area contributed by atoms with E-state index in [4.69, 9.17) is 75.8 Å². The minimum Gasteiger partial charge on any atom is -0.477 e. The molecule has 146 heavy (non-hydrogen) atoms. The van der Waals surface area contributed by atoms with Gasteiger partial charge in [0.25, 0.3) is 5.79 Å². The highest BCUT2D eigenvalue weighted by Gasteiger charge is 2.64. The third kappa shape index (κ3) is 36.3. The number of ether oxygens (including phenoxy) is 16. The van der Waals surface area contributed by atoms with Crippen LogP contribution < -0.4 is 21.3 Å². The van der Waals surface area contributed by atoms with Gasteiger partial charge in [-0.2, -0.15) is 0 Å². The Kier molecular flexibility index (Phi) is 56.2. The number of unbranched alkanes of at least 4 members (excludes halogenated alkanes) is 29. The van der Waals surface area contributed by atoms with Crippen molar-refractivity contribution < 1.29 is 222 Å². The number of hydrogen-bond acceptors (Lipinski definition) is 44. The second-order valence-electron chi connectivity index (χ2n) is 39.8. The summed E-state index contributed by atoms with van der Waals surface area (Å²) < 4.78 is 96.6. The van der Waals surface area contributed by atoms with Crippen molar-refractivity contribution in [2.24, 2.45) is 0 Å². The summed E-state index contributed by atoms with van der Waals surface area (Å²) in [7, 11) is 0. The van der Waals surface area contributed by atoms with Gasteiger partial charge >= 0.3 is 5.97 Å². The van der Waals surface area contributed by atoms with Gasteiger partial charge in [0.05, 0.1) is 83.3 Å². The largest absolute Gasteiger partial charge is 0.477 e. The summed E-state index contributed by atoms with van der Waals surface area (Å²) in [5, 5.41) is 283. The Bertz CT molecular complexity index is 3700. The van der Waals surface area contributed by atoms with E-state index in [0.717, 1.165) is 78.6 Å². The fourth-order valence-corrected chi connectivity index (χ4v) is 19.8. The number of aliphatic carboxylic acids is 1. The molecule has 8 heterocycles. The number of allylic oxidation sites excluding steroid dienone is 1. The first-order valence-corrected chi connectivity index (χ1v) is 52.5. The van der Waals surface area contributed by atoms with Crippen LogP contribution in [0.25, 0.3) is 0 Å². The van der Waals surface area contributed by atoms with Crippen LogP contribution in [0.2, 0.25) is 0 Å². The summed E-state index contributed by atoms with van der Waals surface area (Å²) in [6, 6.07) is -7.00. The second-order valence-corrected chi connectivity index (χ2v) is 39.8. The third-order valence-corrected chi connectivity index (χ3v) is 28.3. The zero-order valence-electron chi connectivity index (χ0n) is 84.7. The van der Waals surface area contributed by atoms with Crippen LogP contribution in [0, 0.1) is 0 Å². The lowest BCUT2D eigenvalue weighted by Gasteiger charge is -2.52. The average molecular weight is 2110 g/mol. The summed E-state index contributed by atoms with van der Waals surface area (Å²) >= 11 is 0. The predicted octanol–water partition coefficient (Wildman–Crippen LogP) is -4.84. The first-order valence-electron chi connectivity index (χ1n) is 52.5. The summed E-state index contributed by atoms with van der Waals surface area (Å²) in [5.74, 6) is -8.80. The first kappa shape index (κ1) is 127. The van der Waals surface area contributed by atoms with Crippen LogP contribution in [-0.4, -0.2) is 468 Å². The molecule has 850 valence electrons. The van der Waals surface area contributed by atoms with E-state index in [1.807, 2.05) is 6.08 Å². The van der Waals surface area contributed by atoms with Crippen LogP contribution in [0.1, 0.15) is 253 Å². The van der Waals surface area contributed by atoms with Crippen LogP contribution in [-0.2, 0) is 99.8 Å². The molecule has 8 aliphatic rings. The smallest absolute Gasteiger partial charge is 0.364 e. The normalized spacial score (nSPS) is 38.1. The van der Waals surface area contributed by atoms with Gasteiger partial charge in [-0.3, -0.25) is 19.2 Å². The minimum absolute atomic E-state index is 0.140. The zero-order valence-corrected chi connectivity index (χ0v) is 84.7. The molecule has 16 unspecified atom stereocenters. The monoisotopic (exact) mass is 2110 g/mol. The van der Waals surface area contributed by atoms with Gasteiger partial charge in [-0.15, -0.1) is 0 Å². The third-order valence-electron chi connectivity index (χ3n) is 28.3. The molecule has 8 saturated heterocycles. The van der Waals surface area contributed by atoms with E-state index in [0.29, 0.717) is 12.8 Å². The first-order chi connectivity index (χ1) is 69.8. The van der Waals surface area contributed by atoms with Crippen molar-refractivity contribution in [2.45, 2.75) is 517 Å². The summed E-state index contributed by atoms with van der Waals surface area (Å²) in [5.41, 5.74) is 0. The Morgan fingerprint density at radius 2 is 0.726 bits per heavy atom. The standard InChI is InChI=1S/C97H172N4O45/c1-7-9-11-13-15-17-19-21-22-23-24-25-26-28-30-32-34-36-38-40-64(115)101-54(55(112)39-37-35-33-31-29-27-20-18-16-14-12-10-8-2)49-131-91-77(125)75(123)82(62(47-107)138-91)140-94-78(126)86(70(118)58(43-103)134-94)143-89-66(99-52(5)110)73(121)81(61(46-106)136-89)139-93-79(127)87(71(119)59(44-104)133-93)144-90-67(100-53(6)111)85(83(63(48-108)137-90)141-92-76(124)74(122)68(116)50(3)132-92)142-95-80(128)88(72(120)60(45-105)135-95)146-97(96(129)130)41-56(113)65(98-51(4)109)84(145-97)69(117)57(114)42-102/h37,39,50,54-63,65-95,102-108,112-114,116-128H,7-36,38,40-49H2,1-6H3,(H,98,109)(H,99,110)(H,100,111)(H,101,115)(H,129,130)/b39-37+/t50?,54-,55+,56?,57+,58?,59?,60?,61?,62?,63?,65+,66?,67?,68+,69+,70-,71-,72-,73+,74?,75+,76-,77?,78?,79?,80?,81+,82+,83+,84?,85+,86-,87-,88-,89-,90-,91+,92+,93-,94-,95-,97-/m0/s1. The predicted molar refractivity (Wildman–Crippen MR) is 505 cm³/mol. The summed E-state index contributed by atoms with van der Waals surface area (Å²) in [6.45, 7) is -0.238. The van der Waals surface area contributed by atoms with E-state index in [1.54, 1.807) is 6.08 Å². The van der Waals surface area contributed by atoms with Crippen LogP contribution in [0.3, 0.4) is 0 Å². The lowest BCUT2D eigenvalue weighted by atomic mass is 9.88. The van der Waals surface area contributed by atoms with E-state index >= 15 is 0 Å². The average Bonchev–Trinajstić information content (AvgIpc) is 0.749. The molecule has 49 nitrogen and oxygen atoms in total. The number of carbonyl (C=O) groups excluding carboxylic acids is 4. The molecule has 0 spiro atoms. The van der Waals surface area contributed by atoms with Gasteiger partial charge in [0.2, 0.25) is 23.6 Å². The van der Waals surface area contributed by atoms with Gasteiger partial charge in [-0.25, -0.2) is 4.79 Å². The van der Waals surface area contributed by atoms with Gasteiger partial charge < -0.3 is 220 Å². The molecule has 8 aliphatic heterocycles. The number of rotatable bonds is 65. The van der Waals surface area contributed by atoms with E-state index < -0.39 is 346 Å².